The number of carbonyl (C=O) groups is 1. The molecular weight excluding hydrogens is 182 g/mol. The Kier molecular flexibility index (Phi) is 7.27. The summed E-state index contributed by atoms with van der Waals surface area (Å²) in [7, 11) is 0. The molecule has 0 radical (unpaired) electrons. The van der Waals surface area contributed by atoms with Crippen LogP contribution in [0.2, 0.25) is 0 Å². The first-order chi connectivity index (χ1) is 6.68. The van der Waals surface area contributed by atoms with Gasteiger partial charge in [-0.25, -0.2) is 4.79 Å². The minimum Gasteiger partial charge on any atom is -0.462 e. The van der Waals surface area contributed by atoms with Crippen molar-refractivity contribution in [3.05, 3.63) is 22.6 Å². The van der Waals surface area contributed by atoms with Crippen molar-refractivity contribution < 1.29 is 9.53 Å². The molecule has 0 N–H and O–H groups in total. The van der Waals surface area contributed by atoms with Gasteiger partial charge in [-0.2, -0.15) is 0 Å². The van der Waals surface area contributed by atoms with E-state index in [4.69, 9.17) is 10.3 Å². The van der Waals surface area contributed by atoms with Crippen molar-refractivity contribution in [2.45, 2.75) is 26.2 Å². The first-order valence-electron chi connectivity index (χ1n) is 4.52. The molecule has 0 aromatic heterocycles. The summed E-state index contributed by atoms with van der Waals surface area (Å²) >= 11 is 0. The Labute approximate surface area is 83.4 Å². The molecule has 0 aromatic rings. The third kappa shape index (κ3) is 7.18. The number of ether oxygens (including phenoxy) is 1. The lowest BCUT2D eigenvalue weighted by Gasteiger charge is -2.02. The zero-order valence-electron chi connectivity index (χ0n) is 8.40. The van der Waals surface area contributed by atoms with E-state index in [0.29, 0.717) is 18.7 Å². The topological polar surface area (TPSA) is 75.1 Å². The molecule has 0 aromatic carbocycles. The maximum atomic E-state index is 10.9. The number of carbonyl (C=O) groups excluding carboxylic acids is 1. The van der Waals surface area contributed by atoms with Crippen LogP contribution < -0.4 is 0 Å². The lowest BCUT2D eigenvalue weighted by molar-refractivity contribution is -0.139. The van der Waals surface area contributed by atoms with Gasteiger partial charge in [-0.1, -0.05) is 11.7 Å². The molecular formula is C9H15N3O2. The summed E-state index contributed by atoms with van der Waals surface area (Å²) in [5.74, 6) is -0.347. The molecule has 5 heteroatoms. The fourth-order valence-corrected chi connectivity index (χ4v) is 0.794. The van der Waals surface area contributed by atoms with Crippen LogP contribution in [-0.2, 0) is 9.53 Å². The highest BCUT2D eigenvalue weighted by Gasteiger charge is 2.01. The van der Waals surface area contributed by atoms with E-state index in [1.807, 2.05) is 0 Å². The minimum atomic E-state index is -0.347. The van der Waals surface area contributed by atoms with Crippen molar-refractivity contribution >= 4 is 5.97 Å². The molecule has 78 valence electrons. The van der Waals surface area contributed by atoms with E-state index in [-0.39, 0.29) is 5.97 Å². The number of nitrogens with zero attached hydrogens (tertiary/aromatic N) is 3. The second-order valence-corrected chi connectivity index (χ2v) is 2.93. The van der Waals surface area contributed by atoms with Gasteiger partial charge in [0.05, 0.1) is 6.61 Å². The maximum absolute atomic E-state index is 10.9. The number of hydrogen-bond donors (Lipinski definition) is 0. The van der Waals surface area contributed by atoms with E-state index in [2.05, 4.69) is 16.6 Å². The SMILES string of the molecule is C=C(C)C(=O)OCCCCCN=[N+]=[N-]. The third-order valence-electron chi connectivity index (χ3n) is 1.55. The van der Waals surface area contributed by atoms with Crippen LogP contribution in [0.25, 0.3) is 10.4 Å². The van der Waals surface area contributed by atoms with Crippen LogP contribution in [0.4, 0.5) is 0 Å². The second kappa shape index (κ2) is 8.13. The molecule has 0 aliphatic heterocycles. The predicted octanol–water partition coefficient (Wildman–Crippen LogP) is 2.59. The molecule has 0 heterocycles. The monoisotopic (exact) mass is 197 g/mol. The van der Waals surface area contributed by atoms with E-state index >= 15 is 0 Å². The van der Waals surface area contributed by atoms with Crippen molar-refractivity contribution in [3.8, 4) is 0 Å². The zero-order valence-corrected chi connectivity index (χ0v) is 8.40. The summed E-state index contributed by atoms with van der Waals surface area (Å²) in [5, 5.41) is 3.39. The van der Waals surface area contributed by atoms with Crippen LogP contribution in [0.15, 0.2) is 17.3 Å². The molecule has 0 aliphatic rings. The number of azide groups is 1. The summed E-state index contributed by atoms with van der Waals surface area (Å²) < 4.78 is 4.87. The van der Waals surface area contributed by atoms with Crippen molar-refractivity contribution in [1.29, 1.82) is 0 Å². The van der Waals surface area contributed by atoms with Gasteiger partial charge in [-0.3, -0.25) is 0 Å². The van der Waals surface area contributed by atoms with Crippen LogP contribution in [0, 0.1) is 0 Å². The highest BCUT2D eigenvalue weighted by molar-refractivity contribution is 5.86. The molecule has 0 spiro atoms. The fourth-order valence-electron chi connectivity index (χ4n) is 0.794. The van der Waals surface area contributed by atoms with Gasteiger partial charge in [0, 0.05) is 17.0 Å². The zero-order chi connectivity index (χ0) is 10.8. The average molecular weight is 197 g/mol. The Hall–Kier alpha value is -1.48. The molecule has 0 saturated carbocycles. The van der Waals surface area contributed by atoms with Gasteiger partial charge in [-0.15, -0.1) is 0 Å². The molecule has 14 heavy (non-hydrogen) atoms. The lowest BCUT2D eigenvalue weighted by atomic mass is 10.2. The van der Waals surface area contributed by atoms with Gasteiger partial charge in [0.1, 0.15) is 0 Å². The van der Waals surface area contributed by atoms with Crippen LogP contribution in [0.3, 0.4) is 0 Å². The molecule has 0 fully saturated rings. The molecule has 0 saturated heterocycles. The van der Waals surface area contributed by atoms with Crippen LogP contribution in [0.1, 0.15) is 26.2 Å². The van der Waals surface area contributed by atoms with E-state index in [1.54, 1.807) is 6.92 Å². The summed E-state index contributed by atoms with van der Waals surface area (Å²) in [5.41, 5.74) is 8.40. The minimum absolute atomic E-state index is 0.347. The van der Waals surface area contributed by atoms with Gasteiger partial charge in [0.2, 0.25) is 0 Å². The van der Waals surface area contributed by atoms with Gasteiger partial charge in [-0.05, 0) is 31.7 Å². The highest BCUT2D eigenvalue weighted by atomic mass is 16.5. The molecule has 0 bridgehead atoms. The number of unbranched alkanes of at least 4 members (excludes halogenated alkanes) is 2. The first kappa shape index (κ1) is 12.5. The number of esters is 1. The van der Waals surface area contributed by atoms with Crippen molar-refractivity contribution in [2.75, 3.05) is 13.2 Å². The highest BCUT2D eigenvalue weighted by Crippen LogP contribution is 1.99. The number of hydrogen-bond acceptors (Lipinski definition) is 3. The molecule has 0 aliphatic carbocycles. The van der Waals surface area contributed by atoms with Gasteiger partial charge in [0.25, 0.3) is 0 Å². The fraction of sp³-hybridized carbons (Fsp3) is 0.667. The van der Waals surface area contributed by atoms with E-state index in [1.165, 1.54) is 0 Å². The van der Waals surface area contributed by atoms with Crippen molar-refractivity contribution in [1.82, 2.24) is 0 Å². The van der Waals surface area contributed by atoms with Crippen molar-refractivity contribution in [3.63, 3.8) is 0 Å². The molecule has 0 amide bonds. The number of rotatable bonds is 7. The quantitative estimate of drug-likeness (QED) is 0.157. The van der Waals surface area contributed by atoms with E-state index in [0.717, 1.165) is 19.3 Å². The summed E-state index contributed by atoms with van der Waals surface area (Å²) in [6.07, 6.45) is 2.51. The Morgan fingerprint density at radius 3 is 2.79 bits per heavy atom. The Morgan fingerprint density at radius 2 is 2.21 bits per heavy atom. The Morgan fingerprint density at radius 1 is 1.50 bits per heavy atom. The Bertz CT molecular complexity index is 244. The summed E-state index contributed by atoms with van der Waals surface area (Å²) in [4.78, 5) is 13.5. The van der Waals surface area contributed by atoms with Gasteiger partial charge >= 0.3 is 5.97 Å². The summed E-state index contributed by atoms with van der Waals surface area (Å²) in [6.45, 7) is 5.99. The predicted molar refractivity (Wildman–Crippen MR) is 53.6 cm³/mol. The smallest absolute Gasteiger partial charge is 0.333 e. The van der Waals surface area contributed by atoms with Crippen LogP contribution >= 0.6 is 0 Å². The van der Waals surface area contributed by atoms with Crippen molar-refractivity contribution in [2.24, 2.45) is 5.11 Å². The third-order valence-corrected chi connectivity index (χ3v) is 1.55. The largest absolute Gasteiger partial charge is 0.462 e. The van der Waals surface area contributed by atoms with Gasteiger partial charge < -0.3 is 4.74 Å². The first-order valence-corrected chi connectivity index (χ1v) is 4.52. The average Bonchev–Trinajstić information content (AvgIpc) is 2.16. The Balaban J connectivity index is 3.25. The normalized spacial score (nSPS) is 8.93. The summed E-state index contributed by atoms with van der Waals surface area (Å²) in [6, 6.07) is 0. The lowest BCUT2D eigenvalue weighted by Crippen LogP contribution is -2.06. The molecule has 0 unspecified atom stereocenters. The maximum Gasteiger partial charge on any atom is 0.333 e. The molecule has 0 atom stereocenters. The van der Waals surface area contributed by atoms with E-state index < -0.39 is 0 Å². The van der Waals surface area contributed by atoms with Crippen LogP contribution in [-0.4, -0.2) is 19.1 Å². The van der Waals surface area contributed by atoms with E-state index in [9.17, 15) is 4.79 Å². The molecule has 0 rings (SSSR count). The standard InChI is InChI=1S/C9H15N3O2/c1-8(2)9(13)14-7-5-3-4-6-11-12-10/h1,3-7H2,2H3. The van der Waals surface area contributed by atoms with Crippen LogP contribution in [0.5, 0.6) is 0 Å². The molecule has 5 nitrogen and oxygen atoms in total. The second-order valence-electron chi connectivity index (χ2n) is 2.93. The van der Waals surface area contributed by atoms with Gasteiger partial charge in [0.15, 0.2) is 0 Å².